The van der Waals surface area contributed by atoms with Crippen LogP contribution < -0.4 is 10.9 Å². The molecule has 0 fully saturated rings. The van der Waals surface area contributed by atoms with Gasteiger partial charge in [0.05, 0.1) is 6.10 Å². The van der Waals surface area contributed by atoms with Crippen molar-refractivity contribution in [3.63, 3.8) is 0 Å². The molecule has 0 bridgehead atoms. The van der Waals surface area contributed by atoms with Crippen LogP contribution in [0.25, 0.3) is 11.1 Å². The minimum atomic E-state index is -0.840. The minimum Gasteiger partial charge on any atom is -0.387 e. The number of hydrogen-bond acceptors (Lipinski definition) is 4. The van der Waals surface area contributed by atoms with E-state index in [9.17, 15) is 14.7 Å². The number of pyridine rings is 2. The van der Waals surface area contributed by atoms with Gasteiger partial charge in [0.15, 0.2) is 0 Å². The predicted octanol–water partition coefficient (Wildman–Crippen LogP) is 1.90. The second-order valence-corrected chi connectivity index (χ2v) is 5.50. The van der Waals surface area contributed by atoms with E-state index < -0.39 is 17.6 Å². The molecule has 0 aliphatic carbocycles. The van der Waals surface area contributed by atoms with Crippen LogP contribution in [-0.2, 0) is 0 Å². The summed E-state index contributed by atoms with van der Waals surface area (Å²) in [5, 5.41) is 12.7. The summed E-state index contributed by atoms with van der Waals surface area (Å²) in [6.45, 7) is 0.0156. The Morgan fingerprint density at radius 3 is 2.56 bits per heavy atom. The Kier molecular flexibility index (Phi) is 5.01. The van der Waals surface area contributed by atoms with E-state index in [4.69, 9.17) is 0 Å². The number of aliphatic hydroxyl groups is 1. The van der Waals surface area contributed by atoms with Crippen molar-refractivity contribution in [1.29, 1.82) is 0 Å². The molecule has 25 heavy (non-hydrogen) atoms. The van der Waals surface area contributed by atoms with Gasteiger partial charge in [0, 0.05) is 25.1 Å². The molecule has 2 aromatic heterocycles. The molecular formula is C19H17N3O3. The van der Waals surface area contributed by atoms with E-state index in [-0.39, 0.29) is 12.1 Å². The molecule has 0 radical (unpaired) electrons. The molecule has 0 aliphatic rings. The fourth-order valence-corrected chi connectivity index (χ4v) is 2.44. The summed E-state index contributed by atoms with van der Waals surface area (Å²) >= 11 is 0. The number of aromatic amines is 1. The molecule has 6 heteroatoms. The van der Waals surface area contributed by atoms with Crippen LogP contribution in [-0.4, -0.2) is 27.5 Å². The van der Waals surface area contributed by atoms with E-state index in [1.807, 2.05) is 18.2 Å². The second kappa shape index (κ2) is 7.55. The Hall–Kier alpha value is -3.25. The standard InChI is InChI=1S/C19H17N3O3/c23-17(14-4-2-1-3-5-14)12-22-19(25)16-10-15(11-21-18(16)24)13-6-8-20-9-7-13/h1-11,17,23H,12H2,(H,21,24)(H,22,25). The van der Waals surface area contributed by atoms with Crippen molar-refractivity contribution >= 4 is 5.91 Å². The van der Waals surface area contributed by atoms with Gasteiger partial charge >= 0.3 is 0 Å². The van der Waals surface area contributed by atoms with Gasteiger partial charge in [-0.3, -0.25) is 14.6 Å². The second-order valence-electron chi connectivity index (χ2n) is 5.50. The quantitative estimate of drug-likeness (QED) is 0.664. The van der Waals surface area contributed by atoms with Crippen LogP contribution in [0.1, 0.15) is 22.0 Å². The molecule has 1 aromatic carbocycles. The number of nitrogens with one attached hydrogen (secondary N) is 2. The highest BCUT2D eigenvalue weighted by Crippen LogP contribution is 2.17. The Morgan fingerprint density at radius 1 is 1.12 bits per heavy atom. The topological polar surface area (TPSA) is 95.1 Å². The van der Waals surface area contributed by atoms with Gasteiger partial charge in [-0.05, 0) is 34.9 Å². The van der Waals surface area contributed by atoms with Crippen LogP contribution in [0.4, 0.5) is 0 Å². The lowest BCUT2D eigenvalue weighted by molar-refractivity contribution is 0.0915. The van der Waals surface area contributed by atoms with Crippen LogP contribution in [0.5, 0.6) is 0 Å². The van der Waals surface area contributed by atoms with E-state index >= 15 is 0 Å². The van der Waals surface area contributed by atoms with E-state index in [2.05, 4.69) is 15.3 Å². The highest BCUT2D eigenvalue weighted by molar-refractivity contribution is 5.95. The van der Waals surface area contributed by atoms with Crippen molar-refractivity contribution in [1.82, 2.24) is 15.3 Å². The van der Waals surface area contributed by atoms with Gasteiger partial charge in [-0.25, -0.2) is 0 Å². The smallest absolute Gasteiger partial charge is 0.260 e. The first-order chi connectivity index (χ1) is 12.1. The highest BCUT2D eigenvalue weighted by atomic mass is 16.3. The summed E-state index contributed by atoms with van der Waals surface area (Å²) in [7, 11) is 0. The number of rotatable bonds is 5. The SMILES string of the molecule is O=C(NCC(O)c1ccccc1)c1cc(-c2ccncc2)c[nH]c1=O. The largest absolute Gasteiger partial charge is 0.387 e. The third kappa shape index (κ3) is 3.99. The maximum Gasteiger partial charge on any atom is 0.260 e. The van der Waals surface area contributed by atoms with Crippen molar-refractivity contribution in [3.05, 3.63) is 88.6 Å². The number of carbonyl (C=O) groups excluding carboxylic acids is 1. The Morgan fingerprint density at radius 2 is 1.84 bits per heavy atom. The lowest BCUT2D eigenvalue weighted by Crippen LogP contribution is -2.32. The molecule has 2 heterocycles. The lowest BCUT2D eigenvalue weighted by atomic mass is 10.1. The number of nitrogens with zero attached hydrogens (tertiary/aromatic N) is 1. The molecule has 126 valence electrons. The highest BCUT2D eigenvalue weighted by Gasteiger charge is 2.14. The maximum atomic E-state index is 12.3. The Bertz CT molecular complexity index is 908. The van der Waals surface area contributed by atoms with Crippen LogP contribution in [0.3, 0.4) is 0 Å². The van der Waals surface area contributed by atoms with Gasteiger partial charge in [0.25, 0.3) is 11.5 Å². The van der Waals surface area contributed by atoms with Gasteiger partial charge in [-0.1, -0.05) is 30.3 Å². The molecule has 1 unspecified atom stereocenters. The number of aromatic nitrogens is 2. The zero-order chi connectivity index (χ0) is 17.6. The first kappa shape index (κ1) is 16.6. The summed E-state index contributed by atoms with van der Waals surface area (Å²) in [4.78, 5) is 30.8. The first-order valence-corrected chi connectivity index (χ1v) is 7.79. The molecule has 0 spiro atoms. The van der Waals surface area contributed by atoms with E-state index in [1.54, 1.807) is 42.9 Å². The summed E-state index contributed by atoms with van der Waals surface area (Å²) < 4.78 is 0. The van der Waals surface area contributed by atoms with Gasteiger partial charge in [0.2, 0.25) is 0 Å². The summed E-state index contributed by atoms with van der Waals surface area (Å²) in [5.74, 6) is -0.535. The predicted molar refractivity (Wildman–Crippen MR) is 94.0 cm³/mol. The number of carbonyl (C=O) groups is 1. The van der Waals surface area contributed by atoms with Gasteiger partial charge in [-0.15, -0.1) is 0 Å². The van der Waals surface area contributed by atoms with Crippen LogP contribution in [0.2, 0.25) is 0 Å². The summed E-state index contributed by atoms with van der Waals surface area (Å²) in [6.07, 6.45) is 3.98. The van der Waals surface area contributed by atoms with E-state index in [1.165, 1.54) is 6.07 Å². The molecule has 0 aliphatic heterocycles. The fraction of sp³-hybridized carbons (Fsp3) is 0.105. The molecule has 3 rings (SSSR count). The van der Waals surface area contributed by atoms with Gasteiger partial charge < -0.3 is 15.4 Å². The summed E-state index contributed by atoms with van der Waals surface area (Å²) in [6, 6.07) is 14.1. The van der Waals surface area contributed by atoms with Crippen LogP contribution in [0, 0.1) is 0 Å². The molecule has 3 N–H and O–H groups in total. The van der Waals surface area contributed by atoms with Crippen molar-refractivity contribution < 1.29 is 9.90 Å². The Balaban J connectivity index is 1.75. The van der Waals surface area contributed by atoms with Gasteiger partial charge in [0.1, 0.15) is 5.56 Å². The van der Waals surface area contributed by atoms with Crippen molar-refractivity contribution in [2.45, 2.75) is 6.10 Å². The average molecular weight is 335 g/mol. The average Bonchev–Trinajstić information content (AvgIpc) is 2.67. The maximum absolute atomic E-state index is 12.3. The number of hydrogen-bond donors (Lipinski definition) is 3. The van der Waals surface area contributed by atoms with E-state index in [0.717, 1.165) is 5.56 Å². The Labute approximate surface area is 144 Å². The molecule has 6 nitrogen and oxygen atoms in total. The third-order valence-electron chi connectivity index (χ3n) is 3.80. The minimum absolute atomic E-state index is 0.00502. The molecule has 0 saturated carbocycles. The number of benzene rings is 1. The van der Waals surface area contributed by atoms with E-state index in [0.29, 0.717) is 11.1 Å². The monoisotopic (exact) mass is 335 g/mol. The number of aliphatic hydroxyl groups excluding tert-OH is 1. The van der Waals surface area contributed by atoms with Crippen molar-refractivity contribution in [3.8, 4) is 11.1 Å². The molecule has 3 aromatic rings. The molecule has 1 atom stereocenters. The lowest BCUT2D eigenvalue weighted by Gasteiger charge is -2.12. The molecule has 1 amide bonds. The molecule has 0 saturated heterocycles. The first-order valence-electron chi connectivity index (χ1n) is 7.79. The van der Waals surface area contributed by atoms with Crippen LogP contribution in [0.15, 0.2) is 71.9 Å². The van der Waals surface area contributed by atoms with Crippen LogP contribution >= 0.6 is 0 Å². The fourth-order valence-electron chi connectivity index (χ4n) is 2.44. The normalized spacial score (nSPS) is 11.7. The third-order valence-corrected chi connectivity index (χ3v) is 3.80. The van der Waals surface area contributed by atoms with Gasteiger partial charge in [-0.2, -0.15) is 0 Å². The molecular weight excluding hydrogens is 318 g/mol. The van der Waals surface area contributed by atoms with Crippen molar-refractivity contribution in [2.24, 2.45) is 0 Å². The zero-order valence-corrected chi connectivity index (χ0v) is 13.3. The number of amides is 1. The summed E-state index contributed by atoms with van der Waals surface area (Å²) in [5.41, 5.74) is 1.75. The van der Waals surface area contributed by atoms with Crippen molar-refractivity contribution in [2.75, 3.05) is 6.54 Å². The zero-order valence-electron chi connectivity index (χ0n) is 13.3. The number of H-pyrrole nitrogens is 1.